The van der Waals surface area contributed by atoms with Crippen LogP contribution in [0.2, 0.25) is 0 Å². The van der Waals surface area contributed by atoms with Crippen molar-refractivity contribution in [3.63, 3.8) is 0 Å². The SMILES string of the molecule is CCCCNC(=NC)NCC(C(C)C)N1CCOCC1.I. The summed E-state index contributed by atoms with van der Waals surface area (Å²) in [6.07, 6.45) is 2.38. The van der Waals surface area contributed by atoms with Crippen LogP contribution in [-0.4, -0.2) is 63.3 Å². The second-order valence-corrected chi connectivity index (χ2v) is 5.69. The smallest absolute Gasteiger partial charge is 0.191 e. The van der Waals surface area contributed by atoms with E-state index in [-0.39, 0.29) is 24.0 Å². The van der Waals surface area contributed by atoms with Gasteiger partial charge in [-0.1, -0.05) is 27.2 Å². The largest absolute Gasteiger partial charge is 0.379 e. The summed E-state index contributed by atoms with van der Waals surface area (Å²) < 4.78 is 5.44. The number of halogens is 1. The van der Waals surface area contributed by atoms with Gasteiger partial charge in [0.15, 0.2) is 5.96 Å². The van der Waals surface area contributed by atoms with E-state index < -0.39 is 0 Å². The summed E-state index contributed by atoms with van der Waals surface area (Å²) in [6.45, 7) is 12.5. The fourth-order valence-electron chi connectivity index (χ4n) is 2.50. The lowest BCUT2D eigenvalue weighted by Crippen LogP contribution is -2.52. The quantitative estimate of drug-likeness (QED) is 0.290. The molecule has 1 aliphatic heterocycles. The summed E-state index contributed by atoms with van der Waals surface area (Å²) in [5.74, 6) is 1.53. The maximum Gasteiger partial charge on any atom is 0.191 e. The number of hydrogen-bond donors (Lipinski definition) is 2. The molecule has 1 unspecified atom stereocenters. The molecule has 6 heteroatoms. The van der Waals surface area contributed by atoms with Crippen molar-refractivity contribution in [2.24, 2.45) is 10.9 Å². The third kappa shape index (κ3) is 8.21. The van der Waals surface area contributed by atoms with Gasteiger partial charge in [0.05, 0.1) is 13.2 Å². The van der Waals surface area contributed by atoms with Crippen LogP contribution in [0.4, 0.5) is 0 Å². The number of aliphatic imine (C=N–C) groups is 1. The lowest BCUT2D eigenvalue weighted by atomic mass is 10.0. The Hall–Kier alpha value is -0.0800. The first-order chi connectivity index (χ1) is 9.69. The predicted molar refractivity (Wildman–Crippen MR) is 101 cm³/mol. The third-order valence-corrected chi connectivity index (χ3v) is 3.81. The first-order valence-electron chi connectivity index (χ1n) is 7.95. The van der Waals surface area contributed by atoms with Crippen molar-refractivity contribution < 1.29 is 4.74 Å². The van der Waals surface area contributed by atoms with E-state index in [9.17, 15) is 0 Å². The highest BCUT2D eigenvalue weighted by molar-refractivity contribution is 14.0. The average molecular weight is 412 g/mol. The highest BCUT2D eigenvalue weighted by Crippen LogP contribution is 2.12. The van der Waals surface area contributed by atoms with Crippen molar-refractivity contribution in [3.05, 3.63) is 0 Å². The molecule has 1 rings (SSSR count). The summed E-state index contributed by atoms with van der Waals surface area (Å²) >= 11 is 0. The van der Waals surface area contributed by atoms with Crippen LogP contribution in [0.1, 0.15) is 33.6 Å². The van der Waals surface area contributed by atoms with Gasteiger partial charge in [0.25, 0.3) is 0 Å². The Morgan fingerprint density at radius 1 is 1.24 bits per heavy atom. The van der Waals surface area contributed by atoms with Crippen molar-refractivity contribution in [3.8, 4) is 0 Å². The molecule has 0 bridgehead atoms. The van der Waals surface area contributed by atoms with E-state index in [4.69, 9.17) is 4.74 Å². The maximum absolute atomic E-state index is 5.44. The van der Waals surface area contributed by atoms with E-state index in [0.717, 1.165) is 45.4 Å². The topological polar surface area (TPSA) is 48.9 Å². The van der Waals surface area contributed by atoms with Crippen LogP contribution in [0, 0.1) is 5.92 Å². The minimum Gasteiger partial charge on any atom is -0.379 e. The molecule has 0 spiro atoms. The molecule has 1 heterocycles. The van der Waals surface area contributed by atoms with Gasteiger partial charge in [-0.3, -0.25) is 9.89 Å². The molecular weight excluding hydrogens is 379 g/mol. The number of rotatable bonds is 7. The summed E-state index contributed by atoms with van der Waals surface area (Å²) in [6, 6.07) is 0.531. The Labute approximate surface area is 147 Å². The predicted octanol–water partition coefficient (Wildman–Crippen LogP) is 1.93. The van der Waals surface area contributed by atoms with Gasteiger partial charge in [0.2, 0.25) is 0 Å². The lowest BCUT2D eigenvalue weighted by molar-refractivity contribution is 0.00752. The third-order valence-electron chi connectivity index (χ3n) is 3.81. The Balaban J connectivity index is 0.00000400. The van der Waals surface area contributed by atoms with Crippen LogP contribution in [0.5, 0.6) is 0 Å². The second-order valence-electron chi connectivity index (χ2n) is 5.69. The minimum absolute atomic E-state index is 0. The first-order valence-corrected chi connectivity index (χ1v) is 7.95. The molecule has 1 aliphatic rings. The molecular formula is C15H33IN4O. The molecule has 1 atom stereocenters. The zero-order chi connectivity index (χ0) is 14.8. The number of guanidine groups is 1. The molecule has 0 aromatic rings. The molecule has 0 aromatic carbocycles. The van der Waals surface area contributed by atoms with Crippen molar-refractivity contribution in [2.45, 2.75) is 39.7 Å². The first kappa shape index (κ1) is 20.9. The number of nitrogens with zero attached hydrogens (tertiary/aromatic N) is 2. The molecule has 126 valence electrons. The van der Waals surface area contributed by atoms with Crippen LogP contribution >= 0.6 is 24.0 Å². The van der Waals surface area contributed by atoms with Crippen molar-refractivity contribution in [2.75, 3.05) is 46.4 Å². The Morgan fingerprint density at radius 3 is 2.43 bits per heavy atom. The number of nitrogens with one attached hydrogen (secondary N) is 2. The van der Waals surface area contributed by atoms with Crippen LogP contribution in [0.15, 0.2) is 4.99 Å². The van der Waals surface area contributed by atoms with E-state index in [2.05, 4.69) is 41.3 Å². The van der Waals surface area contributed by atoms with Crippen molar-refractivity contribution in [1.29, 1.82) is 0 Å². The Bertz CT molecular complexity index is 281. The monoisotopic (exact) mass is 412 g/mol. The molecule has 21 heavy (non-hydrogen) atoms. The summed E-state index contributed by atoms with van der Waals surface area (Å²) in [4.78, 5) is 6.82. The Kier molecular flexibility index (Phi) is 12.4. The maximum atomic E-state index is 5.44. The lowest BCUT2D eigenvalue weighted by Gasteiger charge is -2.37. The zero-order valence-electron chi connectivity index (χ0n) is 14.0. The number of unbranched alkanes of at least 4 members (excludes halogenated alkanes) is 1. The van der Waals surface area contributed by atoms with Crippen molar-refractivity contribution in [1.82, 2.24) is 15.5 Å². The van der Waals surface area contributed by atoms with Gasteiger partial charge in [0, 0.05) is 39.3 Å². The van der Waals surface area contributed by atoms with Gasteiger partial charge in [-0.25, -0.2) is 0 Å². The minimum atomic E-state index is 0. The molecule has 1 saturated heterocycles. The molecule has 0 saturated carbocycles. The van der Waals surface area contributed by atoms with Crippen LogP contribution in [-0.2, 0) is 4.74 Å². The molecule has 0 aromatic heterocycles. The summed E-state index contributed by atoms with van der Waals surface area (Å²) in [5.41, 5.74) is 0. The molecule has 5 nitrogen and oxygen atoms in total. The number of ether oxygens (including phenoxy) is 1. The van der Waals surface area contributed by atoms with Gasteiger partial charge in [-0.15, -0.1) is 24.0 Å². The van der Waals surface area contributed by atoms with Crippen LogP contribution in [0.25, 0.3) is 0 Å². The number of morpholine rings is 1. The fourth-order valence-corrected chi connectivity index (χ4v) is 2.50. The molecule has 1 fully saturated rings. The highest BCUT2D eigenvalue weighted by Gasteiger charge is 2.23. The van der Waals surface area contributed by atoms with Gasteiger partial charge < -0.3 is 15.4 Å². The van der Waals surface area contributed by atoms with E-state index in [1.807, 2.05) is 7.05 Å². The molecule has 0 amide bonds. The normalized spacial score (nSPS) is 18.2. The zero-order valence-corrected chi connectivity index (χ0v) is 16.4. The van der Waals surface area contributed by atoms with E-state index in [0.29, 0.717) is 12.0 Å². The second kappa shape index (κ2) is 12.5. The van der Waals surface area contributed by atoms with Crippen LogP contribution in [0.3, 0.4) is 0 Å². The van der Waals surface area contributed by atoms with E-state index in [1.54, 1.807) is 0 Å². The molecule has 0 radical (unpaired) electrons. The van der Waals surface area contributed by atoms with Crippen molar-refractivity contribution >= 4 is 29.9 Å². The van der Waals surface area contributed by atoms with E-state index >= 15 is 0 Å². The van der Waals surface area contributed by atoms with Gasteiger partial charge >= 0.3 is 0 Å². The average Bonchev–Trinajstić information content (AvgIpc) is 2.46. The van der Waals surface area contributed by atoms with Gasteiger partial charge in [-0.05, 0) is 12.3 Å². The van der Waals surface area contributed by atoms with Gasteiger partial charge in [-0.2, -0.15) is 0 Å². The summed E-state index contributed by atoms with van der Waals surface area (Å²) in [5, 5.41) is 6.83. The Morgan fingerprint density at radius 2 is 1.90 bits per heavy atom. The fraction of sp³-hybridized carbons (Fsp3) is 0.933. The highest BCUT2D eigenvalue weighted by atomic mass is 127. The standard InChI is InChI=1S/C15H32N4O.HI/c1-5-6-7-17-15(16-4)18-12-14(13(2)3)19-8-10-20-11-9-19;/h13-14H,5-12H2,1-4H3,(H2,16,17,18);1H. The number of hydrogen-bond acceptors (Lipinski definition) is 3. The van der Waals surface area contributed by atoms with Gasteiger partial charge in [0.1, 0.15) is 0 Å². The molecule has 2 N–H and O–H groups in total. The molecule has 0 aliphatic carbocycles. The van der Waals surface area contributed by atoms with E-state index in [1.165, 1.54) is 12.8 Å². The van der Waals surface area contributed by atoms with Crippen LogP contribution < -0.4 is 10.6 Å². The summed E-state index contributed by atoms with van der Waals surface area (Å²) in [7, 11) is 1.83.